The van der Waals surface area contributed by atoms with Crippen LogP contribution >= 0.6 is 0 Å². The number of carboxylic acid groups (broad SMARTS) is 1. The van der Waals surface area contributed by atoms with Crippen LogP contribution in [0, 0.1) is 0 Å². The molecule has 0 saturated heterocycles. The lowest BCUT2D eigenvalue weighted by molar-refractivity contribution is -0.139. The smallest absolute Gasteiger partial charge is 0.421 e. The first kappa shape index (κ1) is 18.3. The van der Waals surface area contributed by atoms with Crippen LogP contribution in [0.5, 0.6) is 5.88 Å². The molecule has 132 valence electrons. The van der Waals surface area contributed by atoms with E-state index in [4.69, 9.17) is 9.47 Å². The van der Waals surface area contributed by atoms with Crippen LogP contribution in [-0.2, 0) is 22.3 Å². The summed E-state index contributed by atoms with van der Waals surface area (Å²) in [5.41, 5.74) is -0.481. The van der Waals surface area contributed by atoms with Crippen molar-refractivity contribution in [3.63, 3.8) is 0 Å². The molecule has 1 N–H and O–H groups in total. The number of carbonyl (C=O) groups is 1. The van der Waals surface area contributed by atoms with Crippen molar-refractivity contribution in [2.24, 2.45) is 0 Å². The highest BCUT2D eigenvalue weighted by atomic mass is 19.4. The van der Waals surface area contributed by atoms with Crippen LogP contribution < -0.4 is 4.74 Å². The van der Waals surface area contributed by atoms with Gasteiger partial charge in [-0.05, 0) is 23.3 Å². The summed E-state index contributed by atoms with van der Waals surface area (Å²) in [7, 11) is 1.30. The molecular formula is C17H14F3NO4. The van der Waals surface area contributed by atoms with E-state index < -0.39 is 23.6 Å². The van der Waals surface area contributed by atoms with Gasteiger partial charge in [0.05, 0.1) is 13.4 Å². The first-order valence-corrected chi connectivity index (χ1v) is 7.04. The van der Waals surface area contributed by atoms with Crippen LogP contribution in [0.25, 0.3) is 5.57 Å². The number of alkyl halides is 3. The second-order valence-electron chi connectivity index (χ2n) is 4.87. The van der Waals surface area contributed by atoms with E-state index in [-0.39, 0.29) is 17.7 Å². The van der Waals surface area contributed by atoms with Crippen molar-refractivity contribution in [2.75, 3.05) is 7.11 Å². The van der Waals surface area contributed by atoms with E-state index in [0.29, 0.717) is 5.56 Å². The largest absolute Gasteiger partial charge is 0.503 e. The number of hydrogen-bond acceptors (Lipinski definition) is 4. The van der Waals surface area contributed by atoms with Crippen molar-refractivity contribution in [3.8, 4) is 5.88 Å². The average Bonchev–Trinajstić information content (AvgIpc) is 2.57. The van der Waals surface area contributed by atoms with E-state index in [1.54, 1.807) is 18.2 Å². The minimum Gasteiger partial charge on any atom is -0.503 e. The standard InChI is InChI=1S/C17H14F3NO4/c1-24-10-13(16(22)23)12-6-3-2-5-11(12)9-25-15-14(17(18,19)20)7-4-8-21-15/h2-8,10H,9H2,1H3,(H,22,23). The molecule has 0 saturated carbocycles. The molecule has 0 bridgehead atoms. The van der Waals surface area contributed by atoms with E-state index in [9.17, 15) is 23.1 Å². The normalized spacial score (nSPS) is 11.9. The van der Waals surface area contributed by atoms with Crippen LogP contribution in [0.3, 0.4) is 0 Å². The summed E-state index contributed by atoms with van der Waals surface area (Å²) in [6.07, 6.45) is -2.38. The molecule has 0 spiro atoms. The maximum atomic E-state index is 13.0. The fourth-order valence-electron chi connectivity index (χ4n) is 2.12. The molecule has 2 rings (SSSR count). The maximum Gasteiger partial charge on any atom is 0.421 e. The predicted octanol–water partition coefficient (Wildman–Crippen LogP) is 3.75. The summed E-state index contributed by atoms with van der Waals surface area (Å²) in [5, 5.41) is 9.27. The van der Waals surface area contributed by atoms with Gasteiger partial charge in [-0.3, -0.25) is 0 Å². The van der Waals surface area contributed by atoms with Crippen LogP contribution in [0.15, 0.2) is 48.9 Å². The van der Waals surface area contributed by atoms with Gasteiger partial charge >= 0.3 is 12.1 Å². The SMILES string of the molecule is COC=C(C(=O)O)c1ccccc1COc1ncccc1C(F)(F)F. The van der Waals surface area contributed by atoms with Gasteiger partial charge in [0.25, 0.3) is 0 Å². The Kier molecular flexibility index (Phi) is 5.63. The molecule has 25 heavy (non-hydrogen) atoms. The fraction of sp³-hybridized carbons (Fsp3) is 0.176. The molecule has 0 unspecified atom stereocenters. The van der Waals surface area contributed by atoms with Crippen LogP contribution in [-0.4, -0.2) is 23.2 Å². The molecule has 0 fully saturated rings. The van der Waals surface area contributed by atoms with Crippen molar-refractivity contribution in [1.82, 2.24) is 4.98 Å². The molecule has 0 atom stereocenters. The lowest BCUT2D eigenvalue weighted by Crippen LogP contribution is -2.11. The summed E-state index contributed by atoms with van der Waals surface area (Å²) in [6.45, 7) is -0.287. The van der Waals surface area contributed by atoms with Crippen molar-refractivity contribution < 1.29 is 32.5 Å². The Hall–Kier alpha value is -3.03. The lowest BCUT2D eigenvalue weighted by atomic mass is 10.0. The Morgan fingerprint density at radius 1 is 1.24 bits per heavy atom. The quantitative estimate of drug-likeness (QED) is 0.633. The molecule has 0 amide bonds. The fourth-order valence-corrected chi connectivity index (χ4v) is 2.12. The third-order valence-electron chi connectivity index (χ3n) is 3.21. The topological polar surface area (TPSA) is 68.7 Å². The molecule has 8 heteroatoms. The molecule has 0 radical (unpaired) electrons. The zero-order chi connectivity index (χ0) is 18.4. The number of nitrogens with zero attached hydrogens (tertiary/aromatic N) is 1. The minimum absolute atomic E-state index is 0.140. The molecule has 0 aliphatic heterocycles. The number of aromatic nitrogens is 1. The zero-order valence-corrected chi connectivity index (χ0v) is 13.1. The highest BCUT2D eigenvalue weighted by Crippen LogP contribution is 2.35. The molecule has 1 aromatic carbocycles. The second kappa shape index (κ2) is 7.69. The van der Waals surface area contributed by atoms with E-state index >= 15 is 0 Å². The van der Waals surface area contributed by atoms with Crippen molar-refractivity contribution in [2.45, 2.75) is 12.8 Å². The predicted molar refractivity (Wildman–Crippen MR) is 82.6 cm³/mol. The number of hydrogen-bond donors (Lipinski definition) is 1. The van der Waals surface area contributed by atoms with Crippen LogP contribution in [0.2, 0.25) is 0 Å². The molecule has 5 nitrogen and oxygen atoms in total. The molecule has 2 aromatic rings. The van der Waals surface area contributed by atoms with Crippen LogP contribution in [0.1, 0.15) is 16.7 Å². The number of halogens is 3. The van der Waals surface area contributed by atoms with Gasteiger partial charge in [0.15, 0.2) is 0 Å². The lowest BCUT2D eigenvalue weighted by Gasteiger charge is -2.14. The number of aliphatic carboxylic acids is 1. The van der Waals surface area contributed by atoms with Crippen molar-refractivity contribution >= 4 is 11.5 Å². The molecule has 0 aliphatic rings. The highest BCUT2D eigenvalue weighted by molar-refractivity contribution is 6.15. The van der Waals surface area contributed by atoms with Crippen molar-refractivity contribution in [1.29, 1.82) is 0 Å². The van der Waals surface area contributed by atoms with Crippen molar-refractivity contribution in [3.05, 3.63) is 65.5 Å². The third-order valence-corrected chi connectivity index (χ3v) is 3.21. The summed E-state index contributed by atoms with van der Waals surface area (Å²) in [5.74, 6) is -1.81. The Morgan fingerprint density at radius 2 is 1.96 bits per heavy atom. The number of rotatable bonds is 6. The van der Waals surface area contributed by atoms with Gasteiger partial charge < -0.3 is 14.6 Å². The summed E-state index contributed by atoms with van der Waals surface area (Å²) in [4.78, 5) is 15.0. The second-order valence-corrected chi connectivity index (χ2v) is 4.87. The van der Waals surface area contributed by atoms with E-state index in [1.165, 1.54) is 19.4 Å². The Morgan fingerprint density at radius 3 is 2.60 bits per heavy atom. The summed E-state index contributed by atoms with van der Waals surface area (Å²) >= 11 is 0. The monoisotopic (exact) mass is 353 g/mol. The minimum atomic E-state index is -4.61. The van der Waals surface area contributed by atoms with E-state index in [0.717, 1.165) is 18.4 Å². The number of ether oxygens (including phenoxy) is 2. The molecule has 1 heterocycles. The summed E-state index contributed by atoms with van der Waals surface area (Å²) < 4.78 is 48.9. The number of benzene rings is 1. The van der Waals surface area contributed by atoms with Gasteiger partial charge in [-0.25, -0.2) is 9.78 Å². The van der Waals surface area contributed by atoms with Gasteiger partial charge in [-0.2, -0.15) is 13.2 Å². The number of pyridine rings is 1. The summed E-state index contributed by atoms with van der Waals surface area (Å²) in [6, 6.07) is 8.32. The van der Waals surface area contributed by atoms with E-state index in [2.05, 4.69) is 4.98 Å². The highest BCUT2D eigenvalue weighted by Gasteiger charge is 2.35. The Balaban J connectivity index is 2.32. The van der Waals surface area contributed by atoms with Gasteiger partial charge in [0.2, 0.25) is 5.88 Å². The Bertz CT molecular complexity index is 787. The van der Waals surface area contributed by atoms with Gasteiger partial charge in [-0.1, -0.05) is 24.3 Å². The Labute approximate surface area is 141 Å². The zero-order valence-electron chi connectivity index (χ0n) is 13.1. The number of carboxylic acids is 1. The average molecular weight is 353 g/mol. The molecule has 1 aromatic heterocycles. The van der Waals surface area contributed by atoms with Gasteiger partial charge in [0, 0.05) is 6.20 Å². The van der Waals surface area contributed by atoms with E-state index in [1.807, 2.05) is 0 Å². The van der Waals surface area contributed by atoms with Gasteiger partial charge in [0.1, 0.15) is 17.7 Å². The first-order chi connectivity index (χ1) is 11.8. The van der Waals surface area contributed by atoms with Gasteiger partial charge in [-0.15, -0.1) is 0 Å². The molecule has 0 aliphatic carbocycles. The molecular weight excluding hydrogens is 339 g/mol. The first-order valence-electron chi connectivity index (χ1n) is 7.04. The van der Waals surface area contributed by atoms with Crippen LogP contribution in [0.4, 0.5) is 13.2 Å². The number of methoxy groups -OCH3 is 1. The maximum absolute atomic E-state index is 13.0. The third kappa shape index (κ3) is 4.50.